The molecular weight excluding hydrogens is 248 g/mol. The van der Waals surface area contributed by atoms with Crippen LogP contribution in [0.15, 0.2) is 48.5 Å². The Kier molecular flexibility index (Phi) is 4.94. The van der Waals surface area contributed by atoms with Crippen LogP contribution in [-0.2, 0) is 4.43 Å². The fourth-order valence-corrected chi connectivity index (χ4v) is 4.10. The van der Waals surface area contributed by atoms with Gasteiger partial charge in [-0.15, -0.1) is 0 Å². The van der Waals surface area contributed by atoms with Crippen molar-refractivity contribution >= 4 is 14.9 Å². The van der Waals surface area contributed by atoms with Crippen molar-refractivity contribution in [1.82, 2.24) is 0 Å². The zero-order chi connectivity index (χ0) is 13.7. The molecule has 1 nitrogen and oxygen atoms in total. The summed E-state index contributed by atoms with van der Waals surface area (Å²) in [5.41, 5.74) is 3.96. The maximum Gasteiger partial charge on any atom is 0.193 e. The van der Waals surface area contributed by atoms with Crippen LogP contribution in [0.25, 0.3) is 0 Å². The van der Waals surface area contributed by atoms with Crippen molar-refractivity contribution in [1.29, 1.82) is 0 Å². The summed E-state index contributed by atoms with van der Waals surface area (Å²) in [6.07, 6.45) is 1.27. The molecule has 0 N–H and O–H groups in total. The molecule has 2 rings (SSSR count). The summed E-state index contributed by atoms with van der Waals surface area (Å²) in [5.74, 6) is 0. The quantitative estimate of drug-likeness (QED) is 0.758. The highest BCUT2D eigenvalue weighted by Gasteiger charge is 2.09. The molecule has 0 bridgehead atoms. The van der Waals surface area contributed by atoms with Crippen LogP contribution < -0.4 is 5.19 Å². The lowest BCUT2D eigenvalue weighted by Crippen LogP contribution is -2.20. The Hall–Kier alpha value is -1.38. The third kappa shape index (κ3) is 4.05. The minimum Gasteiger partial charge on any atom is -0.412 e. The second kappa shape index (κ2) is 6.69. The van der Waals surface area contributed by atoms with E-state index in [-0.39, 0.29) is 6.10 Å². The Morgan fingerprint density at radius 2 is 1.63 bits per heavy atom. The Bertz CT molecular complexity index is 502. The average Bonchev–Trinajstić information content (AvgIpc) is 2.39. The molecular formula is C17H22OSi. The number of rotatable bonds is 5. The summed E-state index contributed by atoms with van der Waals surface area (Å²) in [6, 6.07) is 17.3. The predicted molar refractivity (Wildman–Crippen MR) is 84.7 cm³/mol. The number of hydrogen-bond donors (Lipinski definition) is 0. The molecule has 0 spiro atoms. The maximum atomic E-state index is 6.21. The first kappa shape index (κ1) is 14.0. The van der Waals surface area contributed by atoms with Crippen LogP contribution in [0, 0.1) is 13.8 Å². The van der Waals surface area contributed by atoms with Crippen LogP contribution in [0.3, 0.4) is 0 Å². The molecule has 0 aliphatic heterocycles. The molecule has 2 aromatic rings. The van der Waals surface area contributed by atoms with Gasteiger partial charge in [-0.05, 0) is 31.0 Å². The van der Waals surface area contributed by atoms with Crippen LogP contribution in [0.2, 0.25) is 0 Å². The van der Waals surface area contributed by atoms with Gasteiger partial charge in [0.15, 0.2) is 9.76 Å². The summed E-state index contributed by atoms with van der Waals surface area (Å²) in [6.45, 7) is 6.49. The highest BCUT2D eigenvalue weighted by Crippen LogP contribution is 2.19. The van der Waals surface area contributed by atoms with E-state index in [9.17, 15) is 0 Å². The SMILES string of the molecule is CCC(O[SiH2]c1cc(C)cc(C)c1)c1ccccc1. The van der Waals surface area contributed by atoms with Crippen LogP contribution in [0.1, 0.15) is 36.1 Å². The zero-order valence-corrected chi connectivity index (χ0v) is 13.4. The van der Waals surface area contributed by atoms with E-state index in [1.807, 2.05) is 0 Å². The monoisotopic (exact) mass is 270 g/mol. The van der Waals surface area contributed by atoms with Crippen LogP contribution in [0.5, 0.6) is 0 Å². The summed E-state index contributed by atoms with van der Waals surface area (Å²) in [7, 11) is -0.656. The molecule has 0 radical (unpaired) electrons. The lowest BCUT2D eigenvalue weighted by Gasteiger charge is -2.17. The van der Waals surface area contributed by atoms with Gasteiger partial charge < -0.3 is 4.43 Å². The van der Waals surface area contributed by atoms with Crippen LogP contribution in [-0.4, -0.2) is 9.76 Å². The van der Waals surface area contributed by atoms with Gasteiger partial charge in [0.2, 0.25) is 0 Å². The first-order chi connectivity index (χ1) is 9.19. The molecule has 0 heterocycles. The maximum absolute atomic E-state index is 6.21. The zero-order valence-electron chi connectivity index (χ0n) is 12.0. The molecule has 1 atom stereocenters. The van der Waals surface area contributed by atoms with E-state index in [1.54, 1.807) is 0 Å². The van der Waals surface area contributed by atoms with E-state index < -0.39 is 9.76 Å². The van der Waals surface area contributed by atoms with E-state index in [1.165, 1.54) is 21.9 Å². The Labute approximate surface area is 118 Å². The van der Waals surface area contributed by atoms with Crippen molar-refractivity contribution in [3.05, 3.63) is 65.2 Å². The fraction of sp³-hybridized carbons (Fsp3) is 0.294. The van der Waals surface area contributed by atoms with E-state index >= 15 is 0 Å². The van der Waals surface area contributed by atoms with Crippen LogP contribution >= 0.6 is 0 Å². The van der Waals surface area contributed by atoms with E-state index in [4.69, 9.17) is 4.43 Å². The number of aryl methyl sites for hydroxylation is 2. The van der Waals surface area contributed by atoms with E-state index in [0.717, 1.165) is 6.42 Å². The Balaban J connectivity index is 2.04. The van der Waals surface area contributed by atoms with Gasteiger partial charge in [-0.2, -0.15) is 0 Å². The van der Waals surface area contributed by atoms with Gasteiger partial charge in [-0.1, -0.05) is 66.6 Å². The standard InChI is InChI=1S/C17H22OSi/c1-4-17(15-8-6-5-7-9-15)18-19-16-11-13(2)10-14(3)12-16/h5-12,17H,4,19H2,1-3H3. The number of benzene rings is 2. The Morgan fingerprint density at radius 1 is 1.00 bits per heavy atom. The predicted octanol–water partition coefficient (Wildman–Crippen LogP) is 3.18. The number of hydrogen-bond acceptors (Lipinski definition) is 1. The summed E-state index contributed by atoms with van der Waals surface area (Å²) >= 11 is 0. The normalized spacial score (nSPS) is 13.0. The molecule has 0 saturated carbocycles. The molecule has 100 valence electrons. The third-order valence-electron chi connectivity index (χ3n) is 3.27. The molecule has 2 heteroatoms. The fourth-order valence-electron chi connectivity index (χ4n) is 2.47. The third-order valence-corrected chi connectivity index (χ3v) is 4.59. The first-order valence-corrected chi connectivity index (χ1v) is 8.21. The van der Waals surface area contributed by atoms with Gasteiger partial charge in [0.05, 0.1) is 6.10 Å². The van der Waals surface area contributed by atoms with Gasteiger partial charge in [0.1, 0.15) is 0 Å². The average molecular weight is 270 g/mol. The van der Waals surface area contributed by atoms with Crippen molar-refractivity contribution in [2.75, 3.05) is 0 Å². The molecule has 0 aliphatic rings. The molecule has 0 aromatic heterocycles. The van der Waals surface area contributed by atoms with Crippen LogP contribution in [0.4, 0.5) is 0 Å². The largest absolute Gasteiger partial charge is 0.412 e. The van der Waals surface area contributed by atoms with Crippen molar-refractivity contribution in [2.45, 2.75) is 33.3 Å². The molecule has 0 aliphatic carbocycles. The minimum atomic E-state index is -0.656. The summed E-state index contributed by atoms with van der Waals surface area (Å²) < 4.78 is 6.21. The molecule has 0 saturated heterocycles. The van der Waals surface area contributed by atoms with Gasteiger partial charge in [-0.3, -0.25) is 0 Å². The smallest absolute Gasteiger partial charge is 0.193 e. The first-order valence-electron chi connectivity index (χ1n) is 6.92. The molecule has 1 unspecified atom stereocenters. The van der Waals surface area contributed by atoms with Crippen molar-refractivity contribution in [3.8, 4) is 0 Å². The van der Waals surface area contributed by atoms with Crippen molar-refractivity contribution < 1.29 is 4.43 Å². The van der Waals surface area contributed by atoms with Gasteiger partial charge >= 0.3 is 0 Å². The molecule has 0 amide bonds. The highest BCUT2D eigenvalue weighted by atomic mass is 28.2. The van der Waals surface area contributed by atoms with E-state index in [0.29, 0.717) is 0 Å². The highest BCUT2D eigenvalue weighted by molar-refractivity contribution is 6.47. The van der Waals surface area contributed by atoms with Gasteiger partial charge in [0.25, 0.3) is 0 Å². The topological polar surface area (TPSA) is 9.23 Å². The second-order valence-corrected chi connectivity index (χ2v) is 6.55. The molecule has 0 fully saturated rings. The Morgan fingerprint density at radius 3 is 2.21 bits per heavy atom. The van der Waals surface area contributed by atoms with Crippen molar-refractivity contribution in [3.63, 3.8) is 0 Å². The van der Waals surface area contributed by atoms with Gasteiger partial charge in [-0.25, -0.2) is 0 Å². The minimum absolute atomic E-state index is 0.244. The lowest BCUT2D eigenvalue weighted by molar-refractivity contribution is 0.216. The molecule has 2 aromatic carbocycles. The van der Waals surface area contributed by atoms with E-state index in [2.05, 4.69) is 69.3 Å². The molecule has 19 heavy (non-hydrogen) atoms. The van der Waals surface area contributed by atoms with Crippen molar-refractivity contribution in [2.24, 2.45) is 0 Å². The second-order valence-electron chi connectivity index (χ2n) is 5.11. The summed E-state index contributed by atoms with van der Waals surface area (Å²) in [4.78, 5) is 0. The lowest BCUT2D eigenvalue weighted by atomic mass is 10.1. The summed E-state index contributed by atoms with van der Waals surface area (Å²) in [5, 5.41) is 1.40. The van der Waals surface area contributed by atoms with Gasteiger partial charge in [0, 0.05) is 0 Å².